The van der Waals surface area contributed by atoms with Crippen molar-refractivity contribution in [2.75, 3.05) is 28.9 Å². The Morgan fingerprint density at radius 3 is 2.25 bits per heavy atom. The van der Waals surface area contributed by atoms with Crippen LogP contribution in [0.25, 0.3) is 10.8 Å². The van der Waals surface area contributed by atoms with Crippen LogP contribution in [0.5, 0.6) is 0 Å². The summed E-state index contributed by atoms with van der Waals surface area (Å²) < 4.78 is 0. The van der Waals surface area contributed by atoms with Crippen LogP contribution in [0.2, 0.25) is 0 Å². The van der Waals surface area contributed by atoms with Crippen molar-refractivity contribution >= 4 is 33.8 Å². The second kappa shape index (κ2) is 7.48. The van der Waals surface area contributed by atoms with Crippen LogP contribution < -0.4 is 43.6 Å². The maximum atomic E-state index is 13.2. The Morgan fingerprint density at radius 1 is 0.969 bits per heavy atom. The van der Waals surface area contributed by atoms with Gasteiger partial charge in [-0.05, 0) is 30.7 Å². The molecule has 158 valence electrons. The first kappa shape index (κ1) is 20.5. The van der Waals surface area contributed by atoms with E-state index in [4.69, 9.17) is 5.73 Å². The Morgan fingerprint density at radius 2 is 1.62 bits per heavy atom. The number of benzene rings is 1. The van der Waals surface area contributed by atoms with Crippen molar-refractivity contribution in [2.24, 2.45) is 0 Å². The maximum Gasteiger partial charge on any atom is 0.200 e. The summed E-state index contributed by atoms with van der Waals surface area (Å²) in [6.45, 7) is 1.67. The molecule has 2 aromatic rings. The summed E-state index contributed by atoms with van der Waals surface area (Å²) in [4.78, 5) is 54.7. The minimum absolute atomic E-state index is 0.00991. The van der Waals surface area contributed by atoms with Gasteiger partial charge in [-0.15, -0.1) is 0 Å². The van der Waals surface area contributed by atoms with E-state index in [9.17, 15) is 24.4 Å². The third kappa shape index (κ3) is 2.92. The highest BCUT2D eigenvalue weighted by molar-refractivity contribution is 5.94. The van der Waals surface area contributed by atoms with Gasteiger partial charge < -0.3 is 11.1 Å². The van der Waals surface area contributed by atoms with Crippen LogP contribution in [-0.4, -0.2) is 12.0 Å². The highest BCUT2D eigenvalue weighted by atomic mass is 16.1. The number of fused-ring (bicyclic) bond motifs is 1. The third-order valence-corrected chi connectivity index (χ3v) is 5.27. The molecule has 1 aromatic heterocycles. The summed E-state index contributed by atoms with van der Waals surface area (Å²) in [6.07, 6.45) is 0. The molecule has 0 bridgehead atoms. The van der Waals surface area contributed by atoms with E-state index in [2.05, 4.69) is 21.2 Å². The van der Waals surface area contributed by atoms with Crippen molar-refractivity contribution in [1.29, 1.82) is 5.26 Å². The van der Waals surface area contributed by atoms with Crippen LogP contribution in [0.3, 0.4) is 0 Å². The van der Waals surface area contributed by atoms with Gasteiger partial charge in [0.05, 0.1) is 27.1 Å². The smallest absolute Gasteiger partial charge is 0.200 e. The van der Waals surface area contributed by atoms with Gasteiger partial charge in [-0.3, -0.25) is 30.0 Å². The van der Waals surface area contributed by atoms with Crippen LogP contribution in [-0.2, 0) is 0 Å². The van der Waals surface area contributed by atoms with Gasteiger partial charge in [0.25, 0.3) is 0 Å². The van der Waals surface area contributed by atoms with Crippen molar-refractivity contribution < 1.29 is 0 Å². The number of rotatable bonds is 4. The van der Waals surface area contributed by atoms with Crippen LogP contribution in [0.15, 0.2) is 49.5 Å². The number of nitriles is 1. The molecule has 10 nitrogen and oxygen atoms in total. The van der Waals surface area contributed by atoms with E-state index in [0.29, 0.717) is 17.1 Å². The number of nitrogens with zero attached hydrogens (tertiary/aromatic N) is 2. The Bertz CT molecular complexity index is 1730. The average Bonchev–Trinajstić information content (AvgIpc) is 2.78. The Hall–Kier alpha value is -4.78. The zero-order valence-electron chi connectivity index (χ0n) is 17.0. The van der Waals surface area contributed by atoms with Crippen molar-refractivity contribution in [3.8, 4) is 6.07 Å². The molecule has 1 aromatic carbocycles. The molecule has 0 saturated heterocycles. The SMILES string of the molecule is CNc1nc(N)c(C#N)c(C)c1NNc1cccc2c(=O)c3c(=O)ccc(=O)c=3c(=O)c12. The number of hydrogen-bond donors (Lipinski definition) is 4. The predicted octanol–water partition coefficient (Wildman–Crippen LogP) is 0.519. The molecule has 2 aliphatic rings. The van der Waals surface area contributed by atoms with E-state index in [1.165, 1.54) is 12.1 Å². The normalized spacial score (nSPS) is 10.8. The number of anilines is 4. The number of pyridine rings is 1. The molecule has 4 rings (SSSR count). The lowest BCUT2D eigenvalue weighted by Crippen LogP contribution is -2.28. The van der Waals surface area contributed by atoms with Crippen LogP contribution in [0.4, 0.5) is 23.0 Å². The quantitative estimate of drug-likeness (QED) is 0.336. The van der Waals surface area contributed by atoms with Crippen LogP contribution >= 0.6 is 0 Å². The van der Waals surface area contributed by atoms with Gasteiger partial charge in [-0.2, -0.15) is 5.26 Å². The number of hydrazine groups is 1. The van der Waals surface area contributed by atoms with Gasteiger partial charge in [0, 0.05) is 12.4 Å². The first-order valence-corrected chi connectivity index (χ1v) is 9.43. The zero-order chi connectivity index (χ0) is 23.2. The van der Waals surface area contributed by atoms with Gasteiger partial charge in [0.2, 0.25) is 5.43 Å². The molecule has 0 unspecified atom stereocenters. The van der Waals surface area contributed by atoms with E-state index in [0.717, 1.165) is 12.1 Å². The molecule has 32 heavy (non-hydrogen) atoms. The Labute approximate surface area is 179 Å². The molecular weight excluding hydrogens is 412 g/mol. The van der Waals surface area contributed by atoms with E-state index < -0.39 is 32.2 Å². The summed E-state index contributed by atoms with van der Waals surface area (Å²) in [5, 5.41) is 11.4. The van der Waals surface area contributed by atoms with Gasteiger partial charge in [0.15, 0.2) is 22.1 Å². The highest BCUT2D eigenvalue weighted by Gasteiger charge is 2.17. The van der Waals surface area contributed by atoms with Gasteiger partial charge in [-0.25, -0.2) is 4.98 Å². The minimum atomic E-state index is -0.721. The molecule has 5 N–H and O–H groups in total. The molecule has 0 saturated carbocycles. The largest absolute Gasteiger partial charge is 0.383 e. The molecule has 0 spiro atoms. The number of nitrogens with two attached hydrogens (primary N) is 1. The maximum absolute atomic E-state index is 13.2. The van der Waals surface area contributed by atoms with E-state index in [-0.39, 0.29) is 27.8 Å². The van der Waals surface area contributed by atoms with Crippen molar-refractivity contribution in [2.45, 2.75) is 6.92 Å². The van der Waals surface area contributed by atoms with E-state index >= 15 is 0 Å². The molecule has 2 aliphatic carbocycles. The van der Waals surface area contributed by atoms with Crippen LogP contribution in [0.1, 0.15) is 11.1 Å². The van der Waals surface area contributed by atoms with Crippen molar-refractivity contribution in [3.63, 3.8) is 0 Å². The molecule has 10 heteroatoms. The molecule has 0 amide bonds. The number of nitrogen functional groups attached to an aromatic ring is 1. The molecule has 0 atom stereocenters. The summed E-state index contributed by atoms with van der Waals surface area (Å²) in [5.74, 6) is 0.410. The summed E-state index contributed by atoms with van der Waals surface area (Å²) in [5.41, 5.74) is 10.1. The number of nitrogens with one attached hydrogen (secondary N) is 3. The van der Waals surface area contributed by atoms with E-state index in [1.54, 1.807) is 20.0 Å². The molecule has 0 radical (unpaired) electrons. The second-order valence-corrected chi connectivity index (χ2v) is 7.03. The molecule has 0 aliphatic heterocycles. The monoisotopic (exact) mass is 428 g/mol. The number of hydrogen-bond acceptors (Lipinski definition) is 10. The topological polar surface area (TPSA) is 167 Å². The first-order chi connectivity index (χ1) is 15.3. The van der Waals surface area contributed by atoms with Crippen molar-refractivity contribution in [3.05, 3.63) is 92.8 Å². The fourth-order valence-electron chi connectivity index (χ4n) is 3.70. The lowest BCUT2D eigenvalue weighted by molar-refractivity contribution is 1.22. The lowest BCUT2D eigenvalue weighted by atomic mass is 10.0. The zero-order valence-corrected chi connectivity index (χ0v) is 17.0. The standard InChI is InChI=1S/C22H16N6O4/c1-9-11(8-23)21(24)26-22(25-2)18(9)28-27-12-5-3-4-10-15(12)20(32)17-14(30)7-6-13(29)16(17)19(10)31/h3-7,27-28H,1-2H3,(H3,24,25,26). The number of aromatic nitrogens is 1. The summed E-state index contributed by atoms with van der Waals surface area (Å²) >= 11 is 0. The third-order valence-electron chi connectivity index (χ3n) is 5.27. The highest BCUT2D eigenvalue weighted by Crippen LogP contribution is 2.30. The van der Waals surface area contributed by atoms with E-state index in [1.807, 2.05) is 6.07 Å². The summed E-state index contributed by atoms with van der Waals surface area (Å²) in [7, 11) is 1.62. The van der Waals surface area contributed by atoms with Gasteiger partial charge in [0.1, 0.15) is 17.6 Å². The van der Waals surface area contributed by atoms with Gasteiger partial charge in [-0.1, -0.05) is 12.1 Å². The first-order valence-electron chi connectivity index (χ1n) is 9.43. The fourth-order valence-corrected chi connectivity index (χ4v) is 3.70. The molecular formula is C22H16N6O4. The Kier molecular flexibility index (Phi) is 4.79. The minimum Gasteiger partial charge on any atom is -0.383 e. The molecule has 1 heterocycles. The summed E-state index contributed by atoms with van der Waals surface area (Å²) in [6, 6.07) is 8.47. The lowest BCUT2D eigenvalue weighted by Gasteiger charge is -2.18. The second-order valence-electron chi connectivity index (χ2n) is 7.03. The Balaban J connectivity index is 1.96. The van der Waals surface area contributed by atoms with Gasteiger partial charge >= 0.3 is 0 Å². The molecule has 0 fully saturated rings. The predicted molar refractivity (Wildman–Crippen MR) is 122 cm³/mol. The van der Waals surface area contributed by atoms with Crippen LogP contribution in [0, 0.1) is 28.7 Å². The average molecular weight is 428 g/mol. The van der Waals surface area contributed by atoms with Crippen molar-refractivity contribution in [1.82, 2.24) is 4.98 Å². The fraction of sp³-hybridized carbons (Fsp3) is 0.0909.